The normalized spacial score (nSPS) is 17.9. The number of aliphatic hydroxyl groups is 1. The second-order valence-electron chi connectivity index (χ2n) is 6.41. The Balaban J connectivity index is 1.82. The van der Waals surface area contributed by atoms with Gasteiger partial charge in [0.1, 0.15) is 5.82 Å². The Morgan fingerprint density at radius 1 is 1.19 bits per heavy atom. The van der Waals surface area contributed by atoms with Crippen molar-refractivity contribution in [3.8, 4) is 0 Å². The van der Waals surface area contributed by atoms with E-state index in [0.717, 1.165) is 57.3 Å². The van der Waals surface area contributed by atoms with E-state index in [1.54, 1.807) is 0 Å². The van der Waals surface area contributed by atoms with Crippen LogP contribution in [0.25, 0.3) is 0 Å². The van der Waals surface area contributed by atoms with Crippen molar-refractivity contribution >= 4 is 5.82 Å². The monoisotopic (exact) mass is 292 g/mol. The van der Waals surface area contributed by atoms with Crippen molar-refractivity contribution in [2.45, 2.75) is 32.9 Å². The molecule has 1 aromatic heterocycles. The molecule has 0 unspecified atom stereocenters. The molecule has 0 amide bonds. The van der Waals surface area contributed by atoms with Crippen molar-refractivity contribution in [3.05, 3.63) is 23.9 Å². The Bertz CT molecular complexity index is 436. The SMILES string of the molecule is CCNc1cccc(CN2CCN(CC(C)(C)O)CC2)n1. The fourth-order valence-electron chi connectivity index (χ4n) is 2.73. The van der Waals surface area contributed by atoms with Gasteiger partial charge >= 0.3 is 0 Å². The van der Waals surface area contributed by atoms with E-state index in [-0.39, 0.29) is 0 Å². The van der Waals surface area contributed by atoms with E-state index in [0.29, 0.717) is 0 Å². The summed E-state index contributed by atoms with van der Waals surface area (Å²) in [5.74, 6) is 0.954. The number of pyridine rings is 1. The first-order valence-electron chi connectivity index (χ1n) is 7.83. The number of piperazine rings is 1. The highest BCUT2D eigenvalue weighted by Crippen LogP contribution is 2.12. The third kappa shape index (κ3) is 5.61. The fourth-order valence-corrected chi connectivity index (χ4v) is 2.73. The molecule has 5 heteroatoms. The van der Waals surface area contributed by atoms with Crippen LogP contribution in [0.3, 0.4) is 0 Å². The average Bonchev–Trinajstić information content (AvgIpc) is 2.40. The van der Waals surface area contributed by atoms with Gasteiger partial charge in [0.05, 0.1) is 11.3 Å². The molecule has 0 atom stereocenters. The van der Waals surface area contributed by atoms with Gasteiger partial charge in [0, 0.05) is 45.8 Å². The number of anilines is 1. The quantitative estimate of drug-likeness (QED) is 0.830. The Morgan fingerprint density at radius 3 is 2.48 bits per heavy atom. The molecule has 1 fully saturated rings. The molecule has 1 aliphatic rings. The molecule has 0 saturated carbocycles. The Kier molecular flexibility index (Phi) is 5.56. The zero-order valence-corrected chi connectivity index (χ0v) is 13.5. The molecular formula is C16H28N4O. The topological polar surface area (TPSA) is 51.6 Å². The first-order chi connectivity index (χ1) is 9.96. The second-order valence-corrected chi connectivity index (χ2v) is 6.41. The zero-order chi connectivity index (χ0) is 15.3. The van der Waals surface area contributed by atoms with Crippen molar-refractivity contribution in [3.63, 3.8) is 0 Å². The minimum absolute atomic E-state index is 0.607. The predicted octanol–water partition coefficient (Wildman–Crippen LogP) is 1.40. The van der Waals surface area contributed by atoms with Gasteiger partial charge in [-0.2, -0.15) is 0 Å². The molecule has 0 aromatic carbocycles. The van der Waals surface area contributed by atoms with Crippen LogP contribution in [-0.2, 0) is 6.54 Å². The van der Waals surface area contributed by atoms with Gasteiger partial charge in [-0.05, 0) is 32.9 Å². The van der Waals surface area contributed by atoms with Crippen LogP contribution in [0.4, 0.5) is 5.82 Å². The molecule has 21 heavy (non-hydrogen) atoms. The molecule has 0 aliphatic carbocycles. The predicted molar refractivity (Wildman–Crippen MR) is 86.4 cm³/mol. The van der Waals surface area contributed by atoms with Gasteiger partial charge in [0.15, 0.2) is 0 Å². The summed E-state index contributed by atoms with van der Waals surface area (Å²) >= 11 is 0. The zero-order valence-electron chi connectivity index (χ0n) is 13.5. The van der Waals surface area contributed by atoms with Gasteiger partial charge in [-0.3, -0.25) is 9.80 Å². The van der Waals surface area contributed by atoms with Gasteiger partial charge in [-0.25, -0.2) is 4.98 Å². The summed E-state index contributed by atoms with van der Waals surface area (Å²) < 4.78 is 0. The third-order valence-electron chi connectivity index (χ3n) is 3.63. The van der Waals surface area contributed by atoms with E-state index >= 15 is 0 Å². The highest BCUT2D eigenvalue weighted by molar-refractivity contribution is 5.34. The Morgan fingerprint density at radius 2 is 1.86 bits per heavy atom. The molecule has 1 aromatic rings. The van der Waals surface area contributed by atoms with Gasteiger partial charge in [0.25, 0.3) is 0 Å². The average molecular weight is 292 g/mol. The largest absolute Gasteiger partial charge is 0.389 e. The molecular weight excluding hydrogens is 264 g/mol. The first kappa shape index (κ1) is 16.2. The summed E-state index contributed by atoms with van der Waals surface area (Å²) in [7, 11) is 0. The lowest BCUT2D eigenvalue weighted by atomic mass is 10.1. The lowest BCUT2D eigenvalue weighted by Crippen LogP contribution is -2.50. The van der Waals surface area contributed by atoms with Crippen molar-refractivity contribution < 1.29 is 5.11 Å². The number of nitrogens with zero attached hydrogens (tertiary/aromatic N) is 3. The van der Waals surface area contributed by atoms with Crippen LogP contribution in [0.1, 0.15) is 26.5 Å². The molecule has 0 spiro atoms. The Hall–Kier alpha value is -1.17. The summed E-state index contributed by atoms with van der Waals surface area (Å²) in [6.07, 6.45) is 0. The highest BCUT2D eigenvalue weighted by Gasteiger charge is 2.22. The fraction of sp³-hybridized carbons (Fsp3) is 0.688. The van der Waals surface area contributed by atoms with Crippen LogP contribution in [0.5, 0.6) is 0 Å². The smallest absolute Gasteiger partial charge is 0.126 e. The van der Waals surface area contributed by atoms with Crippen molar-refractivity contribution in [1.82, 2.24) is 14.8 Å². The lowest BCUT2D eigenvalue weighted by Gasteiger charge is -2.37. The number of hydrogen-bond donors (Lipinski definition) is 2. The van der Waals surface area contributed by atoms with Crippen LogP contribution in [0.2, 0.25) is 0 Å². The van der Waals surface area contributed by atoms with Crippen LogP contribution < -0.4 is 5.32 Å². The lowest BCUT2D eigenvalue weighted by molar-refractivity contribution is 0.0165. The van der Waals surface area contributed by atoms with Crippen LogP contribution in [0.15, 0.2) is 18.2 Å². The minimum atomic E-state index is -0.607. The van der Waals surface area contributed by atoms with E-state index in [1.807, 2.05) is 19.9 Å². The molecule has 1 aliphatic heterocycles. The number of nitrogens with one attached hydrogen (secondary N) is 1. The van der Waals surface area contributed by atoms with Crippen molar-refractivity contribution in [2.24, 2.45) is 0 Å². The summed E-state index contributed by atoms with van der Waals surface area (Å²) in [6, 6.07) is 6.16. The molecule has 2 N–H and O–H groups in total. The maximum absolute atomic E-state index is 9.88. The highest BCUT2D eigenvalue weighted by atomic mass is 16.3. The molecule has 118 valence electrons. The van der Waals surface area contributed by atoms with Crippen LogP contribution >= 0.6 is 0 Å². The summed E-state index contributed by atoms with van der Waals surface area (Å²) in [5.41, 5.74) is 0.508. The molecule has 1 saturated heterocycles. The van der Waals surface area contributed by atoms with E-state index in [9.17, 15) is 5.11 Å². The number of rotatable bonds is 6. The van der Waals surface area contributed by atoms with Crippen molar-refractivity contribution in [2.75, 3.05) is 44.6 Å². The molecule has 0 bridgehead atoms. The van der Waals surface area contributed by atoms with E-state index in [2.05, 4.69) is 39.2 Å². The van der Waals surface area contributed by atoms with E-state index in [1.165, 1.54) is 0 Å². The third-order valence-corrected chi connectivity index (χ3v) is 3.63. The molecule has 5 nitrogen and oxygen atoms in total. The van der Waals surface area contributed by atoms with Gasteiger partial charge in [0.2, 0.25) is 0 Å². The van der Waals surface area contributed by atoms with Gasteiger partial charge in [-0.1, -0.05) is 6.07 Å². The van der Waals surface area contributed by atoms with Gasteiger partial charge < -0.3 is 10.4 Å². The number of hydrogen-bond acceptors (Lipinski definition) is 5. The number of aromatic nitrogens is 1. The maximum atomic E-state index is 9.88. The van der Waals surface area contributed by atoms with Crippen LogP contribution in [-0.4, -0.2) is 64.8 Å². The Labute approximate surface area is 128 Å². The van der Waals surface area contributed by atoms with Crippen molar-refractivity contribution in [1.29, 1.82) is 0 Å². The summed E-state index contributed by atoms with van der Waals surface area (Å²) in [5, 5.41) is 13.1. The van der Waals surface area contributed by atoms with Crippen LogP contribution in [0, 0.1) is 0 Å². The van der Waals surface area contributed by atoms with E-state index in [4.69, 9.17) is 0 Å². The maximum Gasteiger partial charge on any atom is 0.126 e. The molecule has 2 heterocycles. The van der Waals surface area contributed by atoms with Gasteiger partial charge in [-0.15, -0.1) is 0 Å². The number of β-amino-alcohol motifs (C(OH)–C–C–N with tert-alkyl or cyclic N) is 1. The summed E-state index contributed by atoms with van der Waals surface area (Å²) in [6.45, 7) is 12.4. The first-order valence-corrected chi connectivity index (χ1v) is 7.83. The molecule has 0 radical (unpaired) electrons. The van der Waals surface area contributed by atoms with E-state index < -0.39 is 5.60 Å². The second kappa shape index (κ2) is 7.20. The standard InChI is InChI=1S/C16H28N4O/c1-4-17-15-7-5-6-14(18-15)12-19-8-10-20(11-9-19)13-16(2,3)21/h5-7,21H,4,8-13H2,1-3H3,(H,17,18). The molecule has 2 rings (SSSR count). The summed E-state index contributed by atoms with van der Waals surface area (Å²) in [4.78, 5) is 9.39. The minimum Gasteiger partial charge on any atom is -0.389 e.